The number of carbonyl (C=O) groups is 1. The molecule has 0 bridgehead atoms. The molecule has 142 valence electrons. The molecule has 26 heavy (non-hydrogen) atoms. The van der Waals surface area contributed by atoms with Crippen molar-refractivity contribution in [1.29, 1.82) is 0 Å². The number of aryl methyl sites for hydroxylation is 1. The monoisotopic (exact) mass is 381 g/mol. The Morgan fingerprint density at radius 2 is 2.00 bits per heavy atom. The molecule has 1 amide bonds. The average Bonchev–Trinajstić information content (AvgIpc) is 3.00. The molecule has 2 rings (SSSR count). The van der Waals surface area contributed by atoms with Gasteiger partial charge in [0.15, 0.2) is 5.82 Å². The minimum atomic E-state index is -3.55. The lowest BCUT2D eigenvalue weighted by atomic mass is 10.1. The van der Waals surface area contributed by atoms with Gasteiger partial charge in [-0.05, 0) is 31.0 Å². The molecule has 1 N–H and O–H groups in total. The third kappa shape index (κ3) is 5.76. The molecular formula is C17H23N3O5S. The van der Waals surface area contributed by atoms with Crippen LogP contribution >= 0.6 is 0 Å². The van der Waals surface area contributed by atoms with E-state index < -0.39 is 10.0 Å². The van der Waals surface area contributed by atoms with E-state index >= 15 is 0 Å². The summed E-state index contributed by atoms with van der Waals surface area (Å²) in [6.45, 7) is 2.13. The van der Waals surface area contributed by atoms with Crippen LogP contribution in [0.5, 0.6) is 5.75 Å². The maximum absolute atomic E-state index is 12.0. The van der Waals surface area contributed by atoms with E-state index in [9.17, 15) is 13.2 Å². The first-order chi connectivity index (χ1) is 12.3. The lowest BCUT2D eigenvalue weighted by Crippen LogP contribution is -2.35. The van der Waals surface area contributed by atoms with Gasteiger partial charge in [-0.25, -0.2) is 8.42 Å². The number of hydrogen-bond acceptors (Lipinski definition) is 6. The molecule has 2 aromatic rings. The summed E-state index contributed by atoms with van der Waals surface area (Å²) in [5.41, 5.74) is 1.07. The molecular weight excluding hydrogens is 358 g/mol. The molecule has 0 aliphatic carbocycles. The number of amides is 1. The lowest BCUT2D eigenvalue weighted by molar-refractivity contribution is -0.120. The first-order valence-electron chi connectivity index (χ1n) is 8.10. The van der Waals surface area contributed by atoms with Crippen LogP contribution in [-0.2, 0) is 21.2 Å². The van der Waals surface area contributed by atoms with E-state index in [1.165, 1.54) is 6.07 Å². The quantitative estimate of drug-likeness (QED) is 0.706. The molecule has 0 unspecified atom stereocenters. The Morgan fingerprint density at radius 3 is 2.54 bits per heavy atom. The molecule has 0 radical (unpaired) electrons. The van der Waals surface area contributed by atoms with Gasteiger partial charge >= 0.3 is 0 Å². The number of nitrogens with one attached hydrogen (secondary N) is 1. The van der Waals surface area contributed by atoms with Crippen LogP contribution in [0.15, 0.2) is 34.9 Å². The molecule has 9 heteroatoms. The number of methoxy groups -OCH3 is 1. The van der Waals surface area contributed by atoms with Crippen molar-refractivity contribution in [3.05, 3.63) is 41.7 Å². The number of nitrogens with zero attached hydrogens (tertiary/aromatic N) is 2. The van der Waals surface area contributed by atoms with Crippen LogP contribution < -0.4 is 14.4 Å². The van der Waals surface area contributed by atoms with E-state index in [0.29, 0.717) is 18.7 Å². The Hall–Kier alpha value is -2.55. The second-order valence-corrected chi connectivity index (χ2v) is 7.74. The molecule has 0 saturated heterocycles. The number of benzene rings is 1. The van der Waals surface area contributed by atoms with Gasteiger partial charge < -0.3 is 14.6 Å². The Bertz CT molecular complexity index is 830. The Labute approximate surface area is 153 Å². The second kappa shape index (κ2) is 8.70. The van der Waals surface area contributed by atoms with Crippen LogP contribution in [0, 0.1) is 6.92 Å². The summed E-state index contributed by atoms with van der Waals surface area (Å²) in [5.74, 6) is 1.22. The van der Waals surface area contributed by atoms with E-state index in [1.54, 1.807) is 14.0 Å². The molecule has 0 atom stereocenters. The first-order valence-corrected chi connectivity index (χ1v) is 9.95. The van der Waals surface area contributed by atoms with Crippen LogP contribution in [0.1, 0.15) is 17.7 Å². The lowest BCUT2D eigenvalue weighted by Gasteiger charge is -2.18. The maximum atomic E-state index is 12.0. The molecule has 0 saturated carbocycles. The zero-order valence-electron chi connectivity index (χ0n) is 15.1. The minimum absolute atomic E-state index is 0.000818. The highest BCUT2D eigenvalue weighted by atomic mass is 32.2. The fourth-order valence-corrected chi connectivity index (χ4v) is 3.20. The summed E-state index contributed by atoms with van der Waals surface area (Å²) in [4.78, 5) is 12.0. The highest BCUT2D eigenvalue weighted by Crippen LogP contribution is 2.17. The van der Waals surface area contributed by atoms with E-state index in [1.807, 2.05) is 24.3 Å². The average molecular weight is 381 g/mol. The van der Waals surface area contributed by atoms with Crippen molar-refractivity contribution >= 4 is 21.7 Å². The van der Waals surface area contributed by atoms with Crippen molar-refractivity contribution in [3.63, 3.8) is 0 Å². The molecule has 0 aliphatic heterocycles. The van der Waals surface area contributed by atoms with Crippen LogP contribution in [0.2, 0.25) is 0 Å². The molecule has 8 nitrogen and oxygen atoms in total. The normalized spacial score (nSPS) is 11.2. The third-order valence-electron chi connectivity index (χ3n) is 3.71. The zero-order valence-corrected chi connectivity index (χ0v) is 15.9. The number of sulfonamides is 1. The van der Waals surface area contributed by atoms with E-state index in [0.717, 1.165) is 21.9 Å². The van der Waals surface area contributed by atoms with Gasteiger partial charge in [0, 0.05) is 25.6 Å². The van der Waals surface area contributed by atoms with Crippen molar-refractivity contribution in [2.75, 3.05) is 30.8 Å². The summed E-state index contributed by atoms with van der Waals surface area (Å²) in [6.07, 6.45) is 1.77. The predicted molar refractivity (Wildman–Crippen MR) is 97.8 cm³/mol. The van der Waals surface area contributed by atoms with E-state index in [2.05, 4.69) is 10.5 Å². The number of aromatic nitrogens is 1. The summed E-state index contributed by atoms with van der Waals surface area (Å²) < 4.78 is 34.9. The van der Waals surface area contributed by atoms with Gasteiger partial charge in [-0.2, -0.15) is 0 Å². The highest BCUT2D eigenvalue weighted by Gasteiger charge is 2.21. The number of anilines is 1. The Morgan fingerprint density at radius 1 is 1.31 bits per heavy atom. The number of rotatable bonds is 9. The van der Waals surface area contributed by atoms with Crippen molar-refractivity contribution in [3.8, 4) is 5.75 Å². The highest BCUT2D eigenvalue weighted by molar-refractivity contribution is 7.92. The smallest absolute Gasteiger partial charge is 0.233 e. The number of ether oxygens (including phenoxy) is 1. The van der Waals surface area contributed by atoms with Crippen molar-refractivity contribution in [1.82, 2.24) is 10.5 Å². The van der Waals surface area contributed by atoms with Crippen molar-refractivity contribution in [2.45, 2.75) is 19.8 Å². The zero-order chi connectivity index (χ0) is 19.2. The van der Waals surface area contributed by atoms with Crippen molar-refractivity contribution in [2.24, 2.45) is 0 Å². The molecule has 0 fully saturated rings. The van der Waals surface area contributed by atoms with Gasteiger partial charge in [0.05, 0.1) is 13.4 Å². The fraction of sp³-hybridized carbons (Fsp3) is 0.412. The number of hydrogen-bond donors (Lipinski definition) is 1. The summed E-state index contributed by atoms with van der Waals surface area (Å²) >= 11 is 0. The SMILES string of the molecule is COc1ccc(CCNC(=O)CCN(c2cc(C)on2)S(C)(=O)=O)cc1. The van der Waals surface area contributed by atoms with Crippen LogP contribution in [0.25, 0.3) is 0 Å². The van der Waals surface area contributed by atoms with Gasteiger partial charge in [-0.3, -0.25) is 9.10 Å². The van der Waals surface area contributed by atoms with Crippen molar-refractivity contribution < 1.29 is 22.5 Å². The molecule has 1 heterocycles. The maximum Gasteiger partial charge on any atom is 0.233 e. The van der Waals surface area contributed by atoms with E-state index in [4.69, 9.17) is 9.26 Å². The van der Waals surface area contributed by atoms with Crippen LogP contribution in [-0.4, -0.2) is 45.9 Å². The Balaban J connectivity index is 1.82. The van der Waals surface area contributed by atoms with Crippen LogP contribution in [0.4, 0.5) is 5.82 Å². The van der Waals surface area contributed by atoms with Gasteiger partial charge in [-0.15, -0.1) is 0 Å². The van der Waals surface area contributed by atoms with Gasteiger partial charge in [0.25, 0.3) is 0 Å². The van der Waals surface area contributed by atoms with E-state index in [-0.39, 0.29) is 24.7 Å². The fourth-order valence-electron chi connectivity index (χ4n) is 2.35. The first kappa shape index (κ1) is 19.8. The summed E-state index contributed by atoms with van der Waals surface area (Å²) in [7, 11) is -1.94. The topological polar surface area (TPSA) is 102 Å². The van der Waals surface area contributed by atoms with Gasteiger partial charge in [0.1, 0.15) is 11.5 Å². The molecule has 1 aromatic heterocycles. The summed E-state index contributed by atoms with van der Waals surface area (Å²) in [6, 6.07) is 9.11. The molecule has 0 spiro atoms. The van der Waals surface area contributed by atoms with Gasteiger partial charge in [0.2, 0.25) is 15.9 Å². The largest absolute Gasteiger partial charge is 0.497 e. The second-order valence-electron chi connectivity index (χ2n) is 5.83. The van der Waals surface area contributed by atoms with Gasteiger partial charge in [-0.1, -0.05) is 17.3 Å². The predicted octanol–water partition coefficient (Wildman–Crippen LogP) is 1.51. The van der Waals surface area contributed by atoms with Crippen LogP contribution in [0.3, 0.4) is 0 Å². The standard InChI is InChI=1S/C17H23N3O5S/c1-13-12-16(19-25-13)20(26(3,22)23)11-9-17(21)18-10-8-14-4-6-15(24-2)7-5-14/h4-7,12H,8-11H2,1-3H3,(H,18,21). The molecule has 0 aliphatic rings. The molecule has 1 aromatic carbocycles. The number of carbonyl (C=O) groups excluding carboxylic acids is 1. The third-order valence-corrected chi connectivity index (χ3v) is 4.88. The summed E-state index contributed by atoms with van der Waals surface area (Å²) in [5, 5.41) is 6.49. The Kier molecular flexibility index (Phi) is 6.62. The minimum Gasteiger partial charge on any atom is -0.497 e.